The van der Waals surface area contributed by atoms with E-state index in [1.807, 2.05) is 0 Å². The minimum atomic E-state index is -3.74. The van der Waals surface area contributed by atoms with Crippen molar-refractivity contribution in [3.8, 4) is 0 Å². The lowest BCUT2D eigenvalue weighted by molar-refractivity contribution is -0.137. The van der Waals surface area contributed by atoms with Crippen LogP contribution in [0.3, 0.4) is 0 Å². The van der Waals surface area contributed by atoms with Crippen LogP contribution in [-0.2, 0) is 21.4 Å². The molecule has 0 radical (unpaired) electrons. The van der Waals surface area contributed by atoms with Crippen molar-refractivity contribution in [2.75, 3.05) is 7.05 Å². The van der Waals surface area contributed by atoms with E-state index in [0.29, 0.717) is 22.6 Å². The Hall–Kier alpha value is -1.64. The summed E-state index contributed by atoms with van der Waals surface area (Å²) in [5.41, 5.74) is 1.19. The topological polar surface area (TPSA) is 92.5 Å². The molecule has 22 heavy (non-hydrogen) atoms. The van der Waals surface area contributed by atoms with Crippen molar-refractivity contribution in [2.45, 2.75) is 30.6 Å². The Bertz CT molecular complexity index is 862. The lowest BCUT2D eigenvalue weighted by Gasteiger charge is -2.32. The molecule has 0 saturated heterocycles. The molecule has 0 fully saturated rings. The first-order valence-electron chi connectivity index (χ1n) is 6.66. The van der Waals surface area contributed by atoms with Crippen LogP contribution in [0.1, 0.15) is 12.8 Å². The van der Waals surface area contributed by atoms with Gasteiger partial charge in [-0.1, -0.05) is 11.6 Å². The summed E-state index contributed by atoms with van der Waals surface area (Å²) in [6.07, 6.45) is 0.151. The number of carboxylic acid groups (broad SMARTS) is 1. The number of likely N-dealkylation sites (N-methyl/N-ethyl adjacent to an activating group) is 1. The standard InChI is InChI=1S/C13H14ClN3O4S/c1-16-9(3-5-12(18)19)7-17-11-6-8(14)2-4-10(11)15-13(17)22(16,20)21/h2,4,6,9H,3,5,7H2,1H3,(H,18,19). The van der Waals surface area contributed by atoms with E-state index in [2.05, 4.69) is 4.98 Å². The highest BCUT2D eigenvalue weighted by Gasteiger charge is 2.38. The number of halogens is 1. The fraction of sp³-hybridized carbons (Fsp3) is 0.385. The van der Waals surface area contributed by atoms with Gasteiger partial charge in [0.05, 0.1) is 11.0 Å². The molecule has 1 aliphatic heterocycles. The average molecular weight is 344 g/mol. The molecule has 1 aliphatic rings. The molecular weight excluding hydrogens is 330 g/mol. The van der Waals surface area contributed by atoms with E-state index in [1.54, 1.807) is 22.8 Å². The zero-order valence-electron chi connectivity index (χ0n) is 11.7. The van der Waals surface area contributed by atoms with Crippen molar-refractivity contribution in [3.05, 3.63) is 23.2 Å². The summed E-state index contributed by atoms with van der Waals surface area (Å²) in [5.74, 6) is -0.949. The predicted molar refractivity (Wildman–Crippen MR) is 80.3 cm³/mol. The minimum absolute atomic E-state index is 0.0289. The monoisotopic (exact) mass is 343 g/mol. The molecule has 0 aliphatic carbocycles. The molecule has 3 rings (SSSR count). The van der Waals surface area contributed by atoms with Gasteiger partial charge >= 0.3 is 5.97 Å². The maximum absolute atomic E-state index is 12.6. The smallest absolute Gasteiger partial charge is 0.303 e. The summed E-state index contributed by atoms with van der Waals surface area (Å²) in [4.78, 5) is 14.9. The average Bonchev–Trinajstić information content (AvgIpc) is 2.80. The first-order valence-corrected chi connectivity index (χ1v) is 8.48. The Morgan fingerprint density at radius 3 is 2.91 bits per heavy atom. The summed E-state index contributed by atoms with van der Waals surface area (Å²) in [7, 11) is -2.29. The van der Waals surface area contributed by atoms with Gasteiger partial charge in [-0.3, -0.25) is 4.79 Å². The highest BCUT2D eigenvalue weighted by Crippen LogP contribution is 2.30. The number of sulfonamides is 1. The Morgan fingerprint density at radius 2 is 2.23 bits per heavy atom. The second-order valence-electron chi connectivity index (χ2n) is 5.25. The number of imidazole rings is 1. The second kappa shape index (κ2) is 5.22. The maximum atomic E-state index is 12.6. The fourth-order valence-corrected chi connectivity index (χ4v) is 4.31. The lowest BCUT2D eigenvalue weighted by Crippen LogP contribution is -2.45. The number of carbonyl (C=O) groups is 1. The van der Waals surface area contributed by atoms with Gasteiger partial charge in [0.1, 0.15) is 0 Å². The van der Waals surface area contributed by atoms with Gasteiger partial charge in [0.25, 0.3) is 10.0 Å². The first kappa shape index (κ1) is 15.3. The first-order chi connectivity index (χ1) is 10.3. The lowest BCUT2D eigenvalue weighted by atomic mass is 10.1. The normalized spacial score (nSPS) is 20.9. The van der Waals surface area contributed by atoms with E-state index in [9.17, 15) is 13.2 Å². The zero-order chi connectivity index (χ0) is 16.1. The molecule has 0 saturated carbocycles. The minimum Gasteiger partial charge on any atom is -0.481 e. The number of fused-ring (bicyclic) bond motifs is 3. The number of hydrogen-bond acceptors (Lipinski definition) is 4. The van der Waals surface area contributed by atoms with Gasteiger partial charge in [-0.15, -0.1) is 0 Å². The van der Waals surface area contributed by atoms with Crippen LogP contribution in [0.25, 0.3) is 11.0 Å². The molecule has 2 aromatic rings. The van der Waals surface area contributed by atoms with E-state index in [-0.39, 0.29) is 18.0 Å². The summed E-state index contributed by atoms with van der Waals surface area (Å²) < 4.78 is 28.0. The molecule has 1 unspecified atom stereocenters. The quantitative estimate of drug-likeness (QED) is 0.912. The van der Waals surface area contributed by atoms with Gasteiger partial charge < -0.3 is 9.67 Å². The van der Waals surface area contributed by atoms with Gasteiger partial charge in [-0.05, 0) is 24.6 Å². The number of aromatic nitrogens is 2. The van der Waals surface area contributed by atoms with Gasteiger partial charge in [-0.2, -0.15) is 4.31 Å². The number of nitrogens with zero attached hydrogens (tertiary/aromatic N) is 3. The van der Waals surface area contributed by atoms with Crippen LogP contribution in [0.4, 0.5) is 0 Å². The highest BCUT2D eigenvalue weighted by atomic mass is 35.5. The molecule has 0 amide bonds. The Labute approximate surface area is 132 Å². The molecule has 0 bridgehead atoms. The molecule has 2 heterocycles. The van der Waals surface area contributed by atoms with Crippen LogP contribution in [0.2, 0.25) is 5.02 Å². The van der Waals surface area contributed by atoms with Crippen LogP contribution in [0.5, 0.6) is 0 Å². The number of carboxylic acids is 1. The van der Waals surface area contributed by atoms with Gasteiger partial charge in [0.15, 0.2) is 0 Å². The third-order valence-corrected chi connectivity index (χ3v) is 5.95. The van der Waals surface area contributed by atoms with Crippen molar-refractivity contribution in [2.24, 2.45) is 0 Å². The summed E-state index contributed by atoms with van der Waals surface area (Å²) in [6, 6.07) is 4.57. The summed E-state index contributed by atoms with van der Waals surface area (Å²) in [5, 5.41) is 9.28. The third kappa shape index (κ3) is 2.37. The van der Waals surface area contributed by atoms with Crippen LogP contribution < -0.4 is 0 Å². The van der Waals surface area contributed by atoms with Crippen molar-refractivity contribution in [3.63, 3.8) is 0 Å². The maximum Gasteiger partial charge on any atom is 0.303 e. The molecule has 1 aromatic carbocycles. The number of aliphatic carboxylic acids is 1. The molecule has 1 atom stereocenters. The second-order valence-corrected chi connectivity index (χ2v) is 7.57. The fourth-order valence-electron chi connectivity index (χ4n) is 2.66. The Kier molecular flexibility index (Phi) is 3.62. The van der Waals surface area contributed by atoms with Gasteiger partial charge in [0, 0.05) is 31.1 Å². The van der Waals surface area contributed by atoms with Gasteiger partial charge in [0.2, 0.25) is 5.16 Å². The van der Waals surface area contributed by atoms with E-state index in [0.717, 1.165) is 0 Å². The summed E-state index contributed by atoms with van der Waals surface area (Å²) >= 11 is 5.98. The van der Waals surface area contributed by atoms with Crippen LogP contribution in [0, 0.1) is 0 Å². The summed E-state index contributed by atoms with van der Waals surface area (Å²) in [6.45, 7) is 0.356. The van der Waals surface area contributed by atoms with Crippen LogP contribution in [-0.4, -0.2) is 46.4 Å². The van der Waals surface area contributed by atoms with Crippen LogP contribution >= 0.6 is 11.6 Å². The van der Waals surface area contributed by atoms with Crippen molar-refractivity contribution in [1.29, 1.82) is 0 Å². The molecule has 0 spiro atoms. The number of rotatable bonds is 3. The highest BCUT2D eigenvalue weighted by molar-refractivity contribution is 7.89. The van der Waals surface area contributed by atoms with E-state index < -0.39 is 22.0 Å². The van der Waals surface area contributed by atoms with Crippen LogP contribution in [0.15, 0.2) is 23.4 Å². The number of hydrogen-bond donors (Lipinski definition) is 1. The molecule has 118 valence electrons. The third-order valence-electron chi connectivity index (χ3n) is 3.88. The molecule has 9 heteroatoms. The Morgan fingerprint density at radius 1 is 1.50 bits per heavy atom. The van der Waals surface area contributed by atoms with Crippen molar-refractivity contribution < 1.29 is 18.3 Å². The predicted octanol–water partition coefficient (Wildman–Crippen LogP) is 1.56. The molecule has 1 N–H and O–H groups in total. The molecule has 1 aromatic heterocycles. The molecule has 7 nitrogen and oxygen atoms in total. The van der Waals surface area contributed by atoms with Gasteiger partial charge in [-0.25, -0.2) is 13.4 Å². The molecular formula is C13H14ClN3O4S. The Balaban J connectivity index is 2.12. The van der Waals surface area contributed by atoms with Crippen molar-refractivity contribution >= 4 is 38.6 Å². The number of benzene rings is 1. The SMILES string of the molecule is CN1C(CCC(=O)O)Cn2c(nc3ccc(Cl)cc32)S1(=O)=O. The van der Waals surface area contributed by atoms with E-state index >= 15 is 0 Å². The zero-order valence-corrected chi connectivity index (χ0v) is 13.3. The van der Waals surface area contributed by atoms with E-state index in [4.69, 9.17) is 16.7 Å². The van der Waals surface area contributed by atoms with Crippen molar-refractivity contribution in [1.82, 2.24) is 13.9 Å². The van der Waals surface area contributed by atoms with E-state index in [1.165, 1.54) is 11.4 Å². The largest absolute Gasteiger partial charge is 0.481 e.